The van der Waals surface area contributed by atoms with Crippen molar-refractivity contribution >= 4 is 0 Å². The molecule has 2 aromatic carbocycles. The Morgan fingerprint density at radius 2 is 1.75 bits per heavy atom. The van der Waals surface area contributed by atoms with Crippen molar-refractivity contribution in [3.05, 3.63) is 59.7 Å². The molecule has 73 valence electrons. The second kappa shape index (κ2) is 4.29. The summed E-state index contributed by atoms with van der Waals surface area (Å²) in [4.78, 5) is 0. The third kappa shape index (κ3) is 1.78. The summed E-state index contributed by atoms with van der Waals surface area (Å²) in [5, 5.41) is 17.7. The molecule has 0 saturated carbocycles. The zero-order chi connectivity index (χ0) is 11.4. The zero-order valence-electron chi connectivity index (χ0n) is 8.44. The van der Waals surface area contributed by atoms with Crippen LogP contribution in [0.2, 0.25) is 0 Å². The van der Waals surface area contributed by atoms with Gasteiger partial charge in [-0.05, 0) is 35.4 Å². The SMILES string of the molecule is N#Cc1ccc(-c2c[c]ccc2)cc1C#N. The van der Waals surface area contributed by atoms with Crippen molar-refractivity contribution in [1.29, 1.82) is 10.5 Å². The van der Waals surface area contributed by atoms with Crippen molar-refractivity contribution in [2.75, 3.05) is 0 Å². The summed E-state index contributed by atoms with van der Waals surface area (Å²) in [6.07, 6.45) is 0. The molecule has 0 heterocycles. The van der Waals surface area contributed by atoms with Gasteiger partial charge in [0.05, 0.1) is 11.1 Å². The van der Waals surface area contributed by atoms with Crippen molar-refractivity contribution in [3.63, 3.8) is 0 Å². The molecule has 2 rings (SSSR count). The van der Waals surface area contributed by atoms with Crippen molar-refractivity contribution in [2.45, 2.75) is 0 Å². The van der Waals surface area contributed by atoms with Crippen LogP contribution in [0.5, 0.6) is 0 Å². The monoisotopic (exact) mass is 203 g/mol. The van der Waals surface area contributed by atoms with Gasteiger partial charge in [-0.3, -0.25) is 0 Å². The topological polar surface area (TPSA) is 47.6 Å². The molecule has 2 heteroatoms. The van der Waals surface area contributed by atoms with Gasteiger partial charge in [-0.15, -0.1) is 0 Å². The molecule has 0 bridgehead atoms. The second-order valence-corrected chi connectivity index (χ2v) is 3.28. The first-order valence-corrected chi connectivity index (χ1v) is 4.76. The summed E-state index contributed by atoms with van der Waals surface area (Å²) in [7, 11) is 0. The Kier molecular flexibility index (Phi) is 2.67. The van der Waals surface area contributed by atoms with E-state index in [1.54, 1.807) is 12.1 Å². The lowest BCUT2D eigenvalue weighted by atomic mass is 10.0. The smallest absolute Gasteiger partial charge is 0.101 e. The lowest BCUT2D eigenvalue weighted by Crippen LogP contribution is -1.85. The minimum absolute atomic E-state index is 0.406. The van der Waals surface area contributed by atoms with Gasteiger partial charge in [0.2, 0.25) is 0 Å². The van der Waals surface area contributed by atoms with Gasteiger partial charge in [0, 0.05) is 0 Å². The molecule has 0 saturated heterocycles. The van der Waals surface area contributed by atoms with Crippen molar-refractivity contribution < 1.29 is 0 Å². The van der Waals surface area contributed by atoms with Crippen LogP contribution in [-0.4, -0.2) is 0 Å². The van der Waals surface area contributed by atoms with Crippen LogP contribution in [0.25, 0.3) is 11.1 Å². The molecule has 0 aromatic heterocycles. The average molecular weight is 203 g/mol. The number of nitrogens with zero attached hydrogens (tertiary/aromatic N) is 2. The molecule has 2 nitrogen and oxygen atoms in total. The zero-order valence-corrected chi connectivity index (χ0v) is 8.44. The Labute approximate surface area is 94.0 Å². The molecule has 0 fully saturated rings. The maximum absolute atomic E-state index is 8.91. The molecule has 2 aromatic rings. The first-order chi connectivity index (χ1) is 7.85. The third-order valence-electron chi connectivity index (χ3n) is 2.30. The molecule has 0 aliphatic carbocycles. The van der Waals surface area contributed by atoms with Gasteiger partial charge in [0.15, 0.2) is 0 Å². The number of nitriles is 2. The van der Waals surface area contributed by atoms with Gasteiger partial charge in [-0.25, -0.2) is 0 Å². The van der Waals surface area contributed by atoms with E-state index in [0.29, 0.717) is 11.1 Å². The predicted molar refractivity (Wildman–Crippen MR) is 60.1 cm³/mol. The highest BCUT2D eigenvalue weighted by Crippen LogP contribution is 2.21. The van der Waals surface area contributed by atoms with Crippen LogP contribution < -0.4 is 0 Å². The Balaban J connectivity index is 2.55. The van der Waals surface area contributed by atoms with Crippen molar-refractivity contribution in [1.82, 2.24) is 0 Å². The lowest BCUT2D eigenvalue weighted by Gasteiger charge is -2.02. The van der Waals surface area contributed by atoms with Crippen LogP contribution in [0.1, 0.15) is 11.1 Å². The second-order valence-electron chi connectivity index (χ2n) is 3.28. The van der Waals surface area contributed by atoms with Crippen molar-refractivity contribution in [2.24, 2.45) is 0 Å². The summed E-state index contributed by atoms with van der Waals surface area (Å²) in [6, 6.07) is 19.7. The number of hydrogen-bond acceptors (Lipinski definition) is 2. The minimum Gasteiger partial charge on any atom is -0.192 e. The number of hydrogen-bond donors (Lipinski definition) is 0. The fourth-order valence-corrected chi connectivity index (χ4v) is 1.49. The van der Waals surface area contributed by atoms with E-state index in [1.807, 2.05) is 42.5 Å². The van der Waals surface area contributed by atoms with Crippen molar-refractivity contribution in [3.8, 4) is 23.3 Å². The lowest BCUT2D eigenvalue weighted by molar-refractivity contribution is 1.43. The van der Waals surface area contributed by atoms with E-state index in [-0.39, 0.29) is 0 Å². The molecule has 16 heavy (non-hydrogen) atoms. The maximum atomic E-state index is 8.91. The Bertz CT molecular complexity index is 586. The highest BCUT2D eigenvalue weighted by molar-refractivity contribution is 5.67. The Morgan fingerprint density at radius 3 is 2.38 bits per heavy atom. The Hall–Kier alpha value is -2.58. The molecule has 0 aliphatic heterocycles. The van der Waals surface area contributed by atoms with Crippen LogP contribution in [-0.2, 0) is 0 Å². The summed E-state index contributed by atoms with van der Waals surface area (Å²) in [6.45, 7) is 0. The third-order valence-corrected chi connectivity index (χ3v) is 2.30. The van der Waals surface area contributed by atoms with Crippen LogP contribution in [0.4, 0.5) is 0 Å². The highest BCUT2D eigenvalue weighted by atomic mass is 14.3. The molecule has 0 amide bonds. The normalized spacial score (nSPS) is 9.12. The first kappa shape index (κ1) is 9.96. The fraction of sp³-hybridized carbons (Fsp3) is 0. The average Bonchev–Trinajstić information content (AvgIpc) is 2.39. The molecule has 0 atom stereocenters. The Morgan fingerprint density at radius 1 is 0.938 bits per heavy atom. The van der Waals surface area contributed by atoms with E-state index in [2.05, 4.69) is 6.07 Å². The maximum Gasteiger partial charge on any atom is 0.101 e. The van der Waals surface area contributed by atoms with Crippen LogP contribution in [0, 0.1) is 28.7 Å². The van der Waals surface area contributed by atoms with Gasteiger partial charge in [-0.2, -0.15) is 10.5 Å². The summed E-state index contributed by atoms with van der Waals surface area (Å²) >= 11 is 0. The number of rotatable bonds is 1. The van der Waals surface area contributed by atoms with Crippen LogP contribution >= 0.6 is 0 Å². The molecule has 0 spiro atoms. The number of benzene rings is 2. The highest BCUT2D eigenvalue weighted by Gasteiger charge is 2.03. The van der Waals surface area contributed by atoms with Gasteiger partial charge < -0.3 is 0 Å². The summed E-state index contributed by atoms with van der Waals surface area (Å²) in [5.74, 6) is 0. The summed E-state index contributed by atoms with van der Waals surface area (Å²) < 4.78 is 0. The minimum atomic E-state index is 0.406. The first-order valence-electron chi connectivity index (χ1n) is 4.76. The summed E-state index contributed by atoms with van der Waals surface area (Å²) in [5.41, 5.74) is 2.73. The van der Waals surface area contributed by atoms with Crippen LogP contribution in [0.15, 0.2) is 42.5 Å². The fourth-order valence-electron chi connectivity index (χ4n) is 1.49. The standard InChI is InChI=1S/C14H7N2/c15-9-13-7-6-12(8-14(13)10-16)11-4-2-1-3-5-11/h1-2,4-8H. The van der Waals surface area contributed by atoms with Gasteiger partial charge in [-0.1, -0.05) is 24.3 Å². The molecule has 1 radical (unpaired) electrons. The largest absolute Gasteiger partial charge is 0.192 e. The molecule has 0 unspecified atom stereocenters. The van der Waals surface area contributed by atoms with E-state index < -0.39 is 0 Å². The molecule has 0 aliphatic rings. The van der Waals surface area contributed by atoms with Gasteiger partial charge in [0.25, 0.3) is 0 Å². The van der Waals surface area contributed by atoms with Crippen LogP contribution in [0.3, 0.4) is 0 Å². The van der Waals surface area contributed by atoms with Gasteiger partial charge in [0.1, 0.15) is 12.1 Å². The van der Waals surface area contributed by atoms with Gasteiger partial charge >= 0.3 is 0 Å². The predicted octanol–water partition coefficient (Wildman–Crippen LogP) is 2.90. The van der Waals surface area contributed by atoms with E-state index in [9.17, 15) is 0 Å². The van der Waals surface area contributed by atoms with E-state index in [1.165, 1.54) is 0 Å². The van der Waals surface area contributed by atoms with E-state index in [0.717, 1.165) is 11.1 Å². The van der Waals surface area contributed by atoms with E-state index >= 15 is 0 Å². The molecular weight excluding hydrogens is 196 g/mol. The molecule has 0 N–H and O–H groups in total. The van der Waals surface area contributed by atoms with E-state index in [4.69, 9.17) is 10.5 Å². The quantitative estimate of drug-likeness (QED) is 0.715. The molecular formula is C14H7N2.